The second-order valence-electron chi connectivity index (χ2n) is 5.91. The van der Waals surface area contributed by atoms with Gasteiger partial charge in [-0.25, -0.2) is 10.4 Å². The fourth-order valence-electron chi connectivity index (χ4n) is 2.76. The van der Waals surface area contributed by atoms with Gasteiger partial charge in [-0.05, 0) is 32.6 Å². The summed E-state index contributed by atoms with van der Waals surface area (Å²) < 4.78 is 1.14. The molecule has 3 rings (SSSR count). The molecule has 2 heterocycles. The number of carbonyl (C=O) groups excluding carboxylic acids is 2. The van der Waals surface area contributed by atoms with Crippen molar-refractivity contribution in [2.45, 2.75) is 61.1 Å². The highest BCUT2D eigenvalue weighted by Crippen LogP contribution is 2.35. The molecule has 0 radical (unpaired) electrons. The second kappa shape index (κ2) is 7.44. The summed E-state index contributed by atoms with van der Waals surface area (Å²) in [6.45, 7) is 2.02. The third-order valence-corrected chi connectivity index (χ3v) is 6.47. The molecule has 0 bridgehead atoms. The Balaban J connectivity index is 1.44. The van der Waals surface area contributed by atoms with E-state index in [1.54, 1.807) is 11.3 Å². The Morgan fingerprint density at radius 1 is 1.35 bits per heavy atom. The van der Waals surface area contributed by atoms with Crippen LogP contribution in [-0.4, -0.2) is 33.8 Å². The van der Waals surface area contributed by atoms with Crippen LogP contribution in [0.5, 0.6) is 0 Å². The van der Waals surface area contributed by atoms with Crippen molar-refractivity contribution in [3.05, 3.63) is 11.1 Å². The van der Waals surface area contributed by atoms with Crippen molar-refractivity contribution in [3.63, 3.8) is 0 Å². The molecule has 6 nitrogen and oxygen atoms in total. The predicted molar refractivity (Wildman–Crippen MR) is 91.7 cm³/mol. The molecule has 1 fully saturated rings. The van der Waals surface area contributed by atoms with Gasteiger partial charge >= 0.3 is 0 Å². The Bertz CT molecular complexity index is 621. The van der Waals surface area contributed by atoms with Crippen molar-refractivity contribution < 1.29 is 9.59 Å². The highest BCUT2D eigenvalue weighted by Gasteiger charge is 2.26. The molecule has 1 saturated carbocycles. The smallest absolute Gasteiger partial charge is 0.267 e. The van der Waals surface area contributed by atoms with Gasteiger partial charge in [0.15, 0.2) is 0 Å². The maximum absolute atomic E-state index is 12.1. The highest BCUT2D eigenvalue weighted by atomic mass is 32.2. The molecule has 0 aromatic carbocycles. The molecule has 2 N–H and O–H groups in total. The molecule has 1 aromatic rings. The zero-order chi connectivity index (χ0) is 16.2. The first-order valence-electron chi connectivity index (χ1n) is 7.85. The molecule has 0 saturated heterocycles. The van der Waals surface area contributed by atoms with E-state index in [4.69, 9.17) is 0 Å². The molecule has 2 amide bonds. The van der Waals surface area contributed by atoms with Gasteiger partial charge < -0.3 is 5.32 Å². The van der Waals surface area contributed by atoms with Crippen LogP contribution in [0.3, 0.4) is 0 Å². The van der Waals surface area contributed by atoms with Crippen LogP contribution >= 0.6 is 23.1 Å². The van der Waals surface area contributed by atoms with Gasteiger partial charge in [0.2, 0.25) is 5.91 Å². The van der Waals surface area contributed by atoms with Gasteiger partial charge in [-0.1, -0.05) is 11.8 Å². The minimum atomic E-state index is -0.142. The fraction of sp³-hybridized carbons (Fsp3) is 0.600. The lowest BCUT2D eigenvalue weighted by atomic mass is 9.94. The van der Waals surface area contributed by atoms with Crippen LogP contribution in [0, 0.1) is 6.92 Å². The Morgan fingerprint density at radius 3 is 2.74 bits per heavy atom. The summed E-state index contributed by atoms with van der Waals surface area (Å²) in [5, 5.41) is 9.56. The van der Waals surface area contributed by atoms with Crippen molar-refractivity contribution in [1.82, 2.24) is 15.7 Å². The molecule has 1 aromatic heterocycles. The number of rotatable bonds is 4. The molecule has 1 aliphatic heterocycles. The lowest BCUT2D eigenvalue weighted by molar-refractivity contribution is -0.121. The average Bonchev–Trinajstić information content (AvgIpc) is 2.95. The summed E-state index contributed by atoms with van der Waals surface area (Å²) in [6, 6.07) is 0.206. The van der Waals surface area contributed by atoms with Crippen molar-refractivity contribution >= 4 is 40.6 Å². The van der Waals surface area contributed by atoms with Crippen molar-refractivity contribution in [3.8, 4) is 0 Å². The number of thiazole rings is 1. The van der Waals surface area contributed by atoms with Gasteiger partial charge in [0.1, 0.15) is 10.1 Å². The minimum Gasteiger partial charge on any atom is -0.348 e. The Hall–Kier alpha value is -1.41. The van der Waals surface area contributed by atoms with Gasteiger partial charge in [-0.2, -0.15) is 5.10 Å². The van der Waals surface area contributed by atoms with Crippen LogP contribution in [0.1, 0.15) is 44.2 Å². The second-order valence-corrected chi connectivity index (χ2v) is 8.32. The van der Waals surface area contributed by atoms with E-state index in [1.165, 1.54) is 0 Å². The Morgan fingerprint density at radius 2 is 2.13 bits per heavy atom. The SMILES string of the molecule is Cc1csc(SC2CCC(NC(=O)C3=NNC(=O)CC3)CC2)n1. The molecular formula is C15H20N4O2S2. The molecule has 0 unspecified atom stereocenters. The van der Waals surface area contributed by atoms with E-state index >= 15 is 0 Å². The number of thioether (sulfide) groups is 1. The average molecular weight is 352 g/mol. The molecule has 124 valence electrons. The number of nitrogens with one attached hydrogen (secondary N) is 2. The lowest BCUT2D eigenvalue weighted by Gasteiger charge is -2.28. The zero-order valence-corrected chi connectivity index (χ0v) is 14.6. The summed E-state index contributed by atoms with van der Waals surface area (Å²) in [4.78, 5) is 27.7. The van der Waals surface area contributed by atoms with Crippen molar-refractivity contribution in [2.75, 3.05) is 0 Å². The monoisotopic (exact) mass is 352 g/mol. The first kappa shape index (κ1) is 16.4. The van der Waals surface area contributed by atoms with E-state index in [0.29, 0.717) is 23.8 Å². The molecule has 8 heteroatoms. The fourth-order valence-corrected chi connectivity index (χ4v) is 5.05. The van der Waals surface area contributed by atoms with Gasteiger partial charge in [0, 0.05) is 35.2 Å². The number of amides is 2. The molecule has 0 spiro atoms. The zero-order valence-electron chi connectivity index (χ0n) is 13.0. The Kier molecular flexibility index (Phi) is 5.32. The van der Waals surface area contributed by atoms with E-state index in [2.05, 4.69) is 26.2 Å². The summed E-state index contributed by atoms with van der Waals surface area (Å²) in [6.07, 6.45) is 4.88. The van der Waals surface area contributed by atoms with Gasteiger partial charge in [-0.3, -0.25) is 9.59 Å². The van der Waals surface area contributed by atoms with Crippen molar-refractivity contribution in [1.29, 1.82) is 0 Å². The van der Waals surface area contributed by atoms with Crippen LogP contribution in [0.25, 0.3) is 0 Å². The quantitative estimate of drug-likeness (QED) is 0.870. The molecule has 2 aliphatic rings. The first-order valence-corrected chi connectivity index (χ1v) is 9.61. The number of aryl methyl sites for hydroxylation is 1. The van der Waals surface area contributed by atoms with E-state index in [1.807, 2.05) is 18.7 Å². The number of nitrogens with zero attached hydrogens (tertiary/aromatic N) is 2. The molecule has 0 atom stereocenters. The number of hydrogen-bond donors (Lipinski definition) is 2. The predicted octanol–water partition coefficient (Wildman–Crippen LogP) is 2.24. The summed E-state index contributed by atoms with van der Waals surface area (Å²) in [7, 11) is 0. The van der Waals surface area contributed by atoms with Crippen LogP contribution in [-0.2, 0) is 9.59 Å². The first-order chi connectivity index (χ1) is 11.1. The topological polar surface area (TPSA) is 83.5 Å². The van der Waals surface area contributed by atoms with Gasteiger partial charge in [-0.15, -0.1) is 11.3 Å². The molecule has 23 heavy (non-hydrogen) atoms. The van der Waals surface area contributed by atoms with E-state index in [9.17, 15) is 9.59 Å². The van der Waals surface area contributed by atoms with Crippen LogP contribution in [0.15, 0.2) is 14.8 Å². The van der Waals surface area contributed by atoms with Crippen LogP contribution < -0.4 is 10.7 Å². The van der Waals surface area contributed by atoms with E-state index in [0.717, 1.165) is 35.7 Å². The standard InChI is InChI=1S/C15H20N4O2S2/c1-9-8-22-15(16-9)23-11-4-2-10(3-5-11)17-14(21)12-6-7-13(20)19-18-12/h8,10-11H,2-7H2,1H3,(H,17,21)(H,19,20). The normalized spacial score (nSPS) is 24.7. The van der Waals surface area contributed by atoms with Gasteiger partial charge in [0.05, 0.1) is 0 Å². The van der Waals surface area contributed by atoms with Crippen molar-refractivity contribution in [2.24, 2.45) is 5.10 Å². The molecular weight excluding hydrogens is 332 g/mol. The number of hydrogen-bond acceptors (Lipinski definition) is 6. The number of hydrazone groups is 1. The number of carbonyl (C=O) groups is 2. The summed E-state index contributed by atoms with van der Waals surface area (Å²) >= 11 is 3.56. The summed E-state index contributed by atoms with van der Waals surface area (Å²) in [5.41, 5.74) is 3.88. The van der Waals surface area contributed by atoms with Crippen LogP contribution in [0.4, 0.5) is 0 Å². The third-order valence-electron chi connectivity index (χ3n) is 4.04. The van der Waals surface area contributed by atoms with E-state index in [-0.39, 0.29) is 17.9 Å². The number of aromatic nitrogens is 1. The highest BCUT2D eigenvalue weighted by molar-refractivity contribution is 8.01. The Labute approximate surface area is 143 Å². The summed E-state index contributed by atoms with van der Waals surface area (Å²) in [5.74, 6) is -0.270. The van der Waals surface area contributed by atoms with Gasteiger partial charge in [0.25, 0.3) is 5.91 Å². The maximum Gasteiger partial charge on any atom is 0.267 e. The van der Waals surface area contributed by atoms with Crippen LogP contribution in [0.2, 0.25) is 0 Å². The molecule has 1 aliphatic carbocycles. The third kappa shape index (κ3) is 4.54. The largest absolute Gasteiger partial charge is 0.348 e. The maximum atomic E-state index is 12.1. The lowest BCUT2D eigenvalue weighted by Crippen LogP contribution is -2.43. The minimum absolute atomic E-state index is 0.128. The van der Waals surface area contributed by atoms with E-state index < -0.39 is 0 Å².